The zero-order valence-electron chi connectivity index (χ0n) is 17.0. The molecule has 1 aromatic heterocycles. The van der Waals surface area contributed by atoms with Crippen LogP contribution >= 0.6 is 0 Å². The van der Waals surface area contributed by atoms with E-state index in [9.17, 15) is 4.79 Å². The summed E-state index contributed by atoms with van der Waals surface area (Å²) in [7, 11) is 0. The highest BCUT2D eigenvalue weighted by Gasteiger charge is 2.20. The minimum Gasteiger partial charge on any atom is -0.355 e. The molecule has 4 heteroatoms. The van der Waals surface area contributed by atoms with Crippen LogP contribution in [0.15, 0.2) is 24.3 Å². The lowest BCUT2D eigenvalue weighted by molar-refractivity contribution is -0.128. The monoisotopic (exact) mass is 357 g/mol. The maximum Gasteiger partial charge on any atom is 0.225 e. The number of para-hydroxylation sites is 2. The van der Waals surface area contributed by atoms with E-state index < -0.39 is 0 Å². The first-order valence-electron chi connectivity index (χ1n) is 10.2. The average Bonchev–Trinajstić information content (AvgIpc) is 2.95. The molecular formula is C22H35N3O. The Labute approximate surface area is 158 Å². The highest BCUT2D eigenvalue weighted by Crippen LogP contribution is 2.18. The van der Waals surface area contributed by atoms with Gasteiger partial charge in [-0.3, -0.25) is 4.79 Å². The van der Waals surface area contributed by atoms with Crippen LogP contribution in [0.2, 0.25) is 0 Å². The summed E-state index contributed by atoms with van der Waals surface area (Å²) in [5, 5.41) is 3.04. The van der Waals surface area contributed by atoms with Gasteiger partial charge in [-0.1, -0.05) is 71.9 Å². The number of unbranched alkanes of at least 4 members (excludes halogenated alkanes) is 5. The fourth-order valence-corrected chi connectivity index (χ4v) is 3.17. The van der Waals surface area contributed by atoms with Crippen LogP contribution in [0, 0.1) is 5.41 Å². The van der Waals surface area contributed by atoms with Crippen LogP contribution in [0.5, 0.6) is 0 Å². The molecule has 0 radical (unpaired) electrons. The first-order valence-corrected chi connectivity index (χ1v) is 10.2. The van der Waals surface area contributed by atoms with Gasteiger partial charge in [-0.25, -0.2) is 4.98 Å². The van der Waals surface area contributed by atoms with Crippen molar-refractivity contribution in [1.82, 2.24) is 14.9 Å². The number of rotatable bonds is 10. The fourth-order valence-electron chi connectivity index (χ4n) is 3.17. The van der Waals surface area contributed by atoms with Gasteiger partial charge in [0.05, 0.1) is 11.0 Å². The van der Waals surface area contributed by atoms with Gasteiger partial charge in [0.15, 0.2) is 0 Å². The molecule has 0 atom stereocenters. The zero-order chi connectivity index (χ0) is 19.0. The van der Waals surface area contributed by atoms with Crippen molar-refractivity contribution in [2.75, 3.05) is 6.54 Å². The van der Waals surface area contributed by atoms with Crippen molar-refractivity contribution in [2.24, 2.45) is 5.41 Å². The third-order valence-electron chi connectivity index (χ3n) is 4.78. The van der Waals surface area contributed by atoms with Crippen molar-refractivity contribution in [3.63, 3.8) is 0 Å². The highest BCUT2D eigenvalue weighted by atomic mass is 16.2. The van der Waals surface area contributed by atoms with Gasteiger partial charge in [-0.2, -0.15) is 0 Å². The van der Waals surface area contributed by atoms with Crippen molar-refractivity contribution in [1.29, 1.82) is 0 Å². The number of nitrogens with zero attached hydrogens (tertiary/aromatic N) is 2. The summed E-state index contributed by atoms with van der Waals surface area (Å²) in [6.45, 7) is 9.72. The second kappa shape index (κ2) is 9.75. The van der Waals surface area contributed by atoms with Crippen LogP contribution in [0.3, 0.4) is 0 Å². The number of hydrogen-bond donors (Lipinski definition) is 1. The molecule has 2 rings (SSSR count). The van der Waals surface area contributed by atoms with Crippen molar-refractivity contribution in [3.8, 4) is 0 Å². The second-order valence-corrected chi connectivity index (χ2v) is 8.19. The maximum absolute atomic E-state index is 12.1. The molecule has 0 aliphatic carbocycles. The largest absolute Gasteiger partial charge is 0.355 e. The molecule has 0 unspecified atom stereocenters. The lowest BCUT2D eigenvalue weighted by Crippen LogP contribution is -2.36. The summed E-state index contributed by atoms with van der Waals surface area (Å²) in [5.74, 6) is 1.17. The molecule has 0 saturated heterocycles. The topological polar surface area (TPSA) is 46.9 Å². The quantitative estimate of drug-likeness (QED) is 0.601. The van der Waals surface area contributed by atoms with Gasteiger partial charge in [0.1, 0.15) is 5.82 Å². The average molecular weight is 358 g/mol. The molecule has 0 saturated carbocycles. The second-order valence-electron chi connectivity index (χ2n) is 8.19. The summed E-state index contributed by atoms with van der Waals surface area (Å²) >= 11 is 0. The molecule has 4 nitrogen and oxygen atoms in total. The summed E-state index contributed by atoms with van der Waals surface area (Å²) < 4.78 is 2.35. The molecule has 0 aliphatic rings. The molecule has 0 bridgehead atoms. The molecule has 26 heavy (non-hydrogen) atoms. The first-order chi connectivity index (χ1) is 12.4. The summed E-state index contributed by atoms with van der Waals surface area (Å²) in [4.78, 5) is 16.9. The predicted molar refractivity (Wildman–Crippen MR) is 109 cm³/mol. The number of benzene rings is 1. The van der Waals surface area contributed by atoms with Gasteiger partial charge in [-0.15, -0.1) is 0 Å². The Bertz CT molecular complexity index is 697. The Kier molecular flexibility index (Phi) is 7.67. The van der Waals surface area contributed by atoms with Crippen LogP contribution < -0.4 is 5.32 Å². The lowest BCUT2D eigenvalue weighted by atomic mass is 9.96. The van der Waals surface area contributed by atoms with E-state index in [-0.39, 0.29) is 11.3 Å². The molecule has 0 spiro atoms. The van der Waals surface area contributed by atoms with E-state index in [1.54, 1.807) is 0 Å². The summed E-state index contributed by atoms with van der Waals surface area (Å²) in [6.07, 6.45) is 8.51. The van der Waals surface area contributed by atoms with Gasteiger partial charge in [0.25, 0.3) is 0 Å². The number of imidazole rings is 1. The van der Waals surface area contributed by atoms with Crippen LogP contribution in [-0.4, -0.2) is 22.0 Å². The first kappa shape index (κ1) is 20.5. The smallest absolute Gasteiger partial charge is 0.225 e. The molecule has 0 fully saturated rings. The molecule has 1 aromatic carbocycles. The third kappa shape index (κ3) is 5.86. The molecule has 1 heterocycles. The van der Waals surface area contributed by atoms with Crippen LogP contribution in [0.4, 0.5) is 0 Å². The Morgan fingerprint density at radius 3 is 2.50 bits per heavy atom. The Hall–Kier alpha value is -1.84. The predicted octanol–water partition coefficient (Wildman–Crippen LogP) is 5.10. The molecule has 144 valence electrons. The summed E-state index contributed by atoms with van der Waals surface area (Å²) in [5.41, 5.74) is 1.91. The number of carbonyl (C=O) groups excluding carboxylic acids is 1. The summed E-state index contributed by atoms with van der Waals surface area (Å²) in [6, 6.07) is 8.34. The van der Waals surface area contributed by atoms with Crippen molar-refractivity contribution < 1.29 is 4.79 Å². The van der Waals surface area contributed by atoms with E-state index >= 15 is 0 Å². The van der Waals surface area contributed by atoms with Crippen molar-refractivity contribution in [2.45, 2.75) is 79.2 Å². The van der Waals surface area contributed by atoms with E-state index in [1.807, 2.05) is 26.8 Å². The van der Waals surface area contributed by atoms with Gasteiger partial charge >= 0.3 is 0 Å². The maximum atomic E-state index is 12.1. The van der Waals surface area contributed by atoms with Gasteiger partial charge in [0, 0.05) is 24.9 Å². The number of carbonyl (C=O) groups is 1. The highest BCUT2D eigenvalue weighted by molar-refractivity contribution is 5.81. The standard InChI is InChI=1S/C22H35N3O/c1-5-6-7-8-9-12-17-25-19-14-11-10-13-18(19)24-20(25)15-16-23-21(26)22(2,3)4/h10-11,13-14H,5-9,12,15-17H2,1-4H3,(H,23,26). The van der Waals surface area contributed by atoms with Crippen molar-refractivity contribution in [3.05, 3.63) is 30.1 Å². The van der Waals surface area contributed by atoms with E-state index in [4.69, 9.17) is 4.98 Å². The van der Waals surface area contributed by atoms with Crippen molar-refractivity contribution >= 4 is 16.9 Å². The Morgan fingerprint density at radius 1 is 1.08 bits per heavy atom. The number of hydrogen-bond acceptors (Lipinski definition) is 2. The van der Waals surface area contributed by atoms with Crippen LogP contribution in [-0.2, 0) is 17.8 Å². The minimum atomic E-state index is -0.349. The van der Waals surface area contributed by atoms with Crippen LogP contribution in [0.1, 0.15) is 72.0 Å². The molecule has 0 aliphatic heterocycles. The van der Waals surface area contributed by atoms with E-state index in [0.717, 1.165) is 24.3 Å². The Balaban J connectivity index is 1.97. The van der Waals surface area contributed by atoms with Gasteiger partial charge in [0.2, 0.25) is 5.91 Å². The SMILES string of the molecule is CCCCCCCCn1c(CCNC(=O)C(C)(C)C)nc2ccccc21. The lowest BCUT2D eigenvalue weighted by Gasteiger charge is -2.17. The zero-order valence-corrected chi connectivity index (χ0v) is 17.0. The number of fused-ring (bicyclic) bond motifs is 1. The van der Waals surface area contributed by atoms with Gasteiger partial charge in [-0.05, 0) is 18.6 Å². The van der Waals surface area contributed by atoms with Gasteiger partial charge < -0.3 is 9.88 Å². The molecular weight excluding hydrogens is 322 g/mol. The Morgan fingerprint density at radius 2 is 1.77 bits per heavy atom. The molecule has 1 N–H and O–H groups in total. The number of amides is 1. The van der Waals surface area contributed by atoms with E-state index in [1.165, 1.54) is 44.0 Å². The number of aromatic nitrogens is 2. The normalized spacial score (nSPS) is 11.8. The molecule has 2 aromatic rings. The van der Waals surface area contributed by atoms with Crippen LogP contribution in [0.25, 0.3) is 11.0 Å². The molecule has 1 amide bonds. The fraction of sp³-hybridized carbons (Fsp3) is 0.636. The van der Waals surface area contributed by atoms with E-state index in [2.05, 4.69) is 35.0 Å². The van der Waals surface area contributed by atoms with E-state index in [0.29, 0.717) is 6.54 Å². The number of aryl methyl sites for hydroxylation is 1. The number of nitrogens with one attached hydrogen (secondary N) is 1. The third-order valence-corrected chi connectivity index (χ3v) is 4.78. The minimum absolute atomic E-state index is 0.0936.